The van der Waals surface area contributed by atoms with Crippen molar-refractivity contribution < 1.29 is 9.59 Å². The Bertz CT molecular complexity index is 950. The molecule has 1 atom stereocenters. The molecule has 0 spiro atoms. The Labute approximate surface area is 153 Å². The van der Waals surface area contributed by atoms with Gasteiger partial charge in [-0.25, -0.2) is 0 Å². The van der Waals surface area contributed by atoms with Crippen molar-refractivity contribution in [1.82, 2.24) is 0 Å². The summed E-state index contributed by atoms with van der Waals surface area (Å²) in [6.07, 6.45) is 0.955. The summed E-state index contributed by atoms with van der Waals surface area (Å²) in [4.78, 5) is 24.6. The van der Waals surface area contributed by atoms with E-state index in [-0.39, 0.29) is 0 Å². The molecule has 3 rings (SSSR count). The van der Waals surface area contributed by atoms with E-state index in [0.717, 1.165) is 22.8 Å². The molecule has 132 valence electrons. The molecule has 0 saturated carbocycles. The van der Waals surface area contributed by atoms with E-state index in [9.17, 15) is 9.59 Å². The van der Waals surface area contributed by atoms with Crippen molar-refractivity contribution in [2.75, 3.05) is 10.6 Å². The van der Waals surface area contributed by atoms with Crippen molar-refractivity contribution >= 4 is 34.0 Å². The fourth-order valence-electron chi connectivity index (χ4n) is 2.89. The van der Waals surface area contributed by atoms with Crippen molar-refractivity contribution in [3.63, 3.8) is 0 Å². The van der Waals surface area contributed by atoms with Crippen LogP contribution < -0.4 is 10.6 Å². The van der Waals surface area contributed by atoms with Crippen LogP contribution in [0.1, 0.15) is 31.7 Å². The maximum Gasteiger partial charge on any atom is 0.314 e. The highest BCUT2D eigenvalue weighted by Crippen LogP contribution is 2.26. The SMILES string of the molecule is CCC(C)c1ccccc1NC(=O)C(=O)Nc1ccc2ccccc2c1. The van der Waals surface area contributed by atoms with Gasteiger partial charge in [-0.1, -0.05) is 62.4 Å². The highest BCUT2D eigenvalue weighted by atomic mass is 16.2. The maximum atomic E-state index is 12.3. The van der Waals surface area contributed by atoms with Gasteiger partial charge < -0.3 is 10.6 Å². The Kier molecular flexibility index (Phi) is 5.32. The second-order valence-electron chi connectivity index (χ2n) is 6.37. The van der Waals surface area contributed by atoms with Crippen LogP contribution in [0, 0.1) is 0 Å². The molecule has 0 bridgehead atoms. The van der Waals surface area contributed by atoms with E-state index in [0.29, 0.717) is 17.3 Å². The molecule has 4 heteroatoms. The molecule has 2 N–H and O–H groups in total. The third-order valence-electron chi connectivity index (χ3n) is 4.57. The first-order valence-electron chi connectivity index (χ1n) is 8.78. The van der Waals surface area contributed by atoms with Gasteiger partial charge in [0, 0.05) is 11.4 Å². The summed E-state index contributed by atoms with van der Waals surface area (Å²) in [7, 11) is 0. The smallest absolute Gasteiger partial charge is 0.314 e. The molecule has 0 heterocycles. The lowest BCUT2D eigenvalue weighted by Gasteiger charge is -2.15. The topological polar surface area (TPSA) is 58.2 Å². The minimum absolute atomic E-state index is 0.301. The van der Waals surface area contributed by atoms with Gasteiger partial charge in [0.1, 0.15) is 0 Å². The van der Waals surface area contributed by atoms with Gasteiger partial charge in [0.25, 0.3) is 0 Å². The van der Waals surface area contributed by atoms with Crippen molar-refractivity contribution in [2.24, 2.45) is 0 Å². The van der Waals surface area contributed by atoms with Crippen molar-refractivity contribution in [2.45, 2.75) is 26.2 Å². The summed E-state index contributed by atoms with van der Waals surface area (Å²) >= 11 is 0. The zero-order valence-electron chi connectivity index (χ0n) is 15.0. The summed E-state index contributed by atoms with van der Waals surface area (Å²) in [5.74, 6) is -1.05. The Morgan fingerprint density at radius 3 is 2.27 bits per heavy atom. The molecule has 1 unspecified atom stereocenters. The average Bonchev–Trinajstić information content (AvgIpc) is 2.67. The minimum Gasteiger partial charge on any atom is -0.318 e. The first kappa shape index (κ1) is 17.7. The van der Waals surface area contributed by atoms with Gasteiger partial charge in [0.2, 0.25) is 0 Å². The first-order valence-corrected chi connectivity index (χ1v) is 8.78. The van der Waals surface area contributed by atoms with E-state index >= 15 is 0 Å². The summed E-state index contributed by atoms with van der Waals surface area (Å²) in [6, 6.07) is 21.0. The zero-order chi connectivity index (χ0) is 18.5. The van der Waals surface area contributed by atoms with Gasteiger partial charge in [-0.2, -0.15) is 0 Å². The highest BCUT2D eigenvalue weighted by molar-refractivity contribution is 6.43. The second kappa shape index (κ2) is 7.83. The molecular weight excluding hydrogens is 324 g/mol. The Morgan fingerprint density at radius 1 is 0.846 bits per heavy atom. The lowest BCUT2D eigenvalue weighted by atomic mass is 9.97. The van der Waals surface area contributed by atoms with E-state index in [2.05, 4.69) is 24.5 Å². The molecule has 0 radical (unpaired) electrons. The van der Waals surface area contributed by atoms with Crippen LogP contribution in [0.5, 0.6) is 0 Å². The van der Waals surface area contributed by atoms with E-state index < -0.39 is 11.8 Å². The monoisotopic (exact) mass is 346 g/mol. The number of hydrogen-bond acceptors (Lipinski definition) is 2. The third kappa shape index (κ3) is 3.91. The summed E-state index contributed by atoms with van der Waals surface area (Å²) in [6.45, 7) is 4.19. The number of carbonyl (C=O) groups is 2. The van der Waals surface area contributed by atoms with Crippen molar-refractivity contribution in [3.05, 3.63) is 72.3 Å². The molecule has 0 aliphatic rings. The summed E-state index contributed by atoms with van der Waals surface area (Å²) < 4.78 is 0. The number of hydrogen-bond donors (Lipinski definition) is 2. The third-order valence-corrected chi connectivity index (χ3v) is 4.57. The van der Waals surface area contributed by atoms with E-state index in [1.165, 1.54) is 0 Å². The van der Waals surface area contributed by atoms with Crippen LogP contribution in [0.3, 0.4) is 0 Å². The quantitative estimate of drug-likeness (QED) is 0.658. The van der Waals surface area contributed by atoms with Crippen LogP contribution in [0.25, 0.3) is 10.8 Å². The van der Waals surface area contributed by atoms with Crippen LogP contribution in [0.2, 0.25) is 0 Å². The number of rotatable bonds is 4. The molecule has 0 saturated heterocycles. The first-order chi connectivity index (χ1) is 12.6. The normalized spacial score (nSPS) is 11.8. The van der Waals surface area contributed by atoms with Gasteiger partial charge in [-0.05, 0) is 46.9 Å². The molecule has 3 aromatic carbocycles. The molecule has 0 aromatic heterocycles. The van der Waals surface area contributed by atoms with E-state index in [4.69, 9.17) is 0 Å². The molecule has 0 aliphatic carbocycles. The molecule has 26 heavy (non-hydrogen) atoms. The summed E-state index contributed by atoms with van der Waals surface area (Å²) in [5, 5.41) is 7.49. The number of amides is 2. The predicted molar refractivity (Wildman–Crippen MR) is 106 cm³/mol. The molecule has 4 nitrogen and oxygen atoms in total. The number of fused-ring (bicyclic) bond motifs is 1. The van der Waals surface area contributed by atoms with E-state index in [1.807, 2.05) is 60.7 Å². The van der Waals surface area contributed by atoms with Crippen molar-refractivity contribution in [1.29, 1.82) is 0 Å². The Balaban J connectivity index is 1.73. The zero-order valence-corrected chi connectivity index (χ0v) is 15.0. The van der Waals surface area contributed by atoms with Gasteiger partial charge in [0.05, 0.1) is 0 Å². The van der Waals surface area contributed by atoms with Gasteiger partial charge in [0.15, 0.2) is 0 Å². The number of anilines is 2. The standard InChI is InChI=1S/C22H22N2O2/c1-3-15(2)19-10-6-7-11-20(19)24-22(26)21(25)23-18-13-12-16-8-4-5-9-17(16)14-18/h4-15H,3H2,1-2H3,(H,23,25)(H,24,26). The fraction of sp³-hybridized carbons (Fsp3) is 0.182. The van der Waals surface area contributed by atoms with Gasteiger partial charge in [-0.15, -0.1) is 0 Å². The van der Waals surface area contributed by atoms with Gasteiger partial charge >= 0.3 is 11.8 Å². The Hall–Kier alpha value is -3.14. The summed E-state index contributed by atoms with van der Waals surface area (Å²) in [5.41, 5.74) is 2.31. The predicted octanol–water partition coefficient (Wildman–Crippen LogP) is 4.93. The number of benzene rings is 3. The minimum atomic E-state index is -0.681. The van der Waals surface area contributed by atoms with Gasteiger partial charge in [-0.3, -0.25) is 9.59 Å². The van der Waals surface area contributed by atoms with Crippen LogP contribution in [-0.4, -0.2) is 11.8 Å². The molecule has 3 aromatic rings. The van der Waals surface area contributed by atoms with Crippen LogP contribution >= 0.6 is 0 Å². The largest absolute Gasteiger partial charge is 0.318 e. The fourth-order valence-corrected chi connectivity index (χ4v) is 2.89. The molecule has 0 fully saturated rings. The average molecular weight is 346 g/mol. The van der Waals surface area contributed by atoms with Crippen LogP contribution in [-0.2, 0) is 9.59 Å². The molecular formula is C22H22N2O2. The number of carbonyl (C=O) groups excluding carboxylic acids is 2. The Morgan fingerprint density at radius 2 is 1.50 bits per heavy atom. The lowest BCUT2D eigenvalue weighted by molar-refractivity contribution is -0.133. The molecule has 2 amide bonds. The van der Waals surface area contributed by atoms with Crippen molar-refractivity contribution in [3.8, 4) is 0 Å². The maximum absolute atomic E-state index is 12.3. The number of nitrogens with one attached hydrogen (secondary N) is 2. The molecule has 0 aliphatic heterocycles. The van der Waals surface area contributed by atoms with Crippen LogP contribution in [0.15, 0.2) is 66.7 Å². The second-order valence-corrected chi connectivity index (χ2v) is 6.37. The number of para-hydroxylation sites is 1. The lowest BCUT2D eigenvalue weighted by Crippen LogP contribution is -2.29. The highest BCUT2D eigenvalue weighted by Gasteiger charge is 2.17. The van der Waals surface area contributed by atoms with E-state index in [1.54, 1.807) is 6.07 Å². The van der Waals surface area contributed by atoms with Crippen LogP contribution in [0.4, 0.5) is 11.4 Å².